The van der Waals surface area contributed by atoms with Gasteiger partial charge in [-0.25, -0.2) is 0 Å². The zero-order chi connectivity index (χ0) is 13.0. The maximum absolute atomic E-state index is 5.44. The van der Waals surface area contributed by atoms with Crippen molar-refractivity contribution in [1.29, 1.82) is 0 Å². The van der Waals surface area contributed by atoms with Crippen LogP contribution >= 0.6 is 0 Å². The number of hydrogen-bond donors (Lipinski definition) is 2. The van der Waals surface area contributed by atoms with Gasteiger partial charge in [0, 0.05) is 0 Å². The van der Waals surface area contributed by atoms with Gasteiger partial charge in [0.15, 0.2) is 0 Å². The summed E-state index contributed by atoms with van der Waals surface area (Å²) in [5.41, 5.74) is 2.44. The lowest BCUT2D eigenvalue weighted by Crippen LogP contribution is -2.06. The topological polar surface area (TPSA) is 63.0 Å². The zero-order valence-corrected chi connectivity index (χ0v) is 10.9. The Morgan fingerprint density at radius 1 is 1.22 bits per heavy atom. The van der Waals surface area contributed by atoms with Gasteiger partial charge in [0.25, 0.3) is 0 Å². The first-order valence-corrected chi connectivity index (χ1v) is 5.99. The van der Waals surface area contributed by atoms with Crippen molar-refractivity contribution in [1.82, 2.24) is 15.5 Å². The molecule has 0 aliphatic rings. The lowest BCUT2D eigenvalue weighted by Gasteiger charge is -2.12. The van der Waals surface area contributed by atoms with Crippen LogP contribution in [0.1, 0.15) is 30.0 Å². The fourth-order valence-corrected chi connectivity index (χ4v) is 1.66. The Bertz CT molecular complexity index is 492. The van der Waals surface area contributed by atoms with E-state index < -0.39 is 0 Å². The first-order chi connectivity index (χ1) is 8.69. The third kappa shape index (κ3) is 3.07. The number of aryl methyl sites for hydroxylation is 1. The van der Waals surface area contributed by atoms with E-state index in [0.717, 1.165) is 0 Å². The first-order valence-electron chi connectivity index (χ1n) is 5.99. The minimum Gasteiger partial charge on any atom is -0.407 e. The number of anilines is 1. The summed E-state index contributed by atoms with van der Waals surface area (Å²) in [6, 6.07) is 8.96. The van der Waals surface area contributed by atoms with E-state index >= 15 is 0 Å². The number of nitrogens with one attached hydrogen (secondary N) is 2. The molecule has 1 atom stereocenters. The van der Waals surface area contributed by atoms with Crippen LogP contribution in [0.3, 0.4) is 0 Å². The second-order valence-electron chi connectivity index (χ2n) is 4.31. The van der Waals surface area contributed by atoms with Gasteiger partial charge in [-0.1, -0.05) is 34.9 Å². The van der Waals surface area contributed by atoms with Crippen LogP contribution in [0.4, 0.5) is 6.01 Å². The molecule has 0 fully saturated rings. The number of hydrogen-bond acceptors (Lipinski definition) is 5. The number of rotatable bonds is 5. The predicted molar refractivity (Wildman–Crippen MR) is 70.3 cm³/mol. The van der Waals surface area contributed by atoms with Crippen molar-refractivity contribution in [3.8, 4) is 0 Å². The molecule has 0 saturated heterocycles. The van der Waals surface area contributed by atoms with E-state index in [0.29, 0.717) is 18.5 Å². The highest BCUT2D eigenvalue weighted by Crippen LogP contribution is 2.18. The van der Waals surface area contributed by atoms with Crippen molar-refractivity contribution in [2.75, 3.05) is 12.4 Å². The average Bonchev–Trinajstić information content (AvgIpc) is 2.78. The highest BCUT2D eigenvalue weighted by molar-refractivity contribution is 5.30. The molecule has 0 radical (unpaired) electrons. The Morgan fingerprint density at radius 2 is 1.94 bits per heavy atom. The standard InChI is InChI=1S/C13H18N4O/c1-9-4-6-11(7-5-9)10(2)15-13-17-16-12(18-13)8-14-3/h4-7,10,14H,8H2,1-3H3,(H,15,17). The molecule has 5 nitrogen and oxygen atoms in total. The van der Waals surface area contributed by atoms with Crippen molar-refractivity contribution in [2.45, 2.75) is 26.4 Å². The van der Waals surface area contributed by atoms with Gasteiger partial charge in [0.2, 0.25) is 5.89 Å². The van der Waals surface area contributed by atoms with E-state index in [-0.39, 0.29) is 6.04 Å². The Kier molecular flexibility index (Phi) is 3.94. The Balaban J connectivity index is 2.01. The molecule has 0 spiro atoms. The van der Waals surface area contributed by atoms with Crippen molar-refractivity contribution in [3.05, 3.63) is 41.3 Å². The first kappa shape index (κ1) is 12.6. The van der Waals surface area contributed by atoms with Crippen molar-refractivity contribution >= 4 is 6.01 Å². The molecule has 2 rings (SSSR count). The van der Waals surface area contributed by atoms with Gasteiger partial charge in [0.05, 0.1) is 12.6 Å². The number of benzene rings is 1. The van der Waals surface area contributed by atoms with Crippen LogP contribution in [0, 0.1) is 6.92 Å². The summed E-state index contributed by atoms with van der Waals surface area (Å²) >= 11 is 0. The second-order valence-corrected chi connectivity index (χ2v) is 4.31. The van der Waals surface area contributed by atoms with E-state index in [9.17, 15) is 0 Å². The summed E-state index contributed by atoms with van der Waals surface area (Å²) in [5.74, 6) is 0.580. The van der Waals surface area contributed by atoms with Crippen molar-refractivity contribution in [3.63, 3.8) is 0 Å². The number of nitrogens with zero attached hydrogens (tertiary/aromatic N) is 2. The zero-order valence-electron chi connectivity index (χ0n) is 10.9. The quantitative estimate of drug-likeness (QED) is 0.847. The van der Waals surface area contributed by atoms with E-state index in [4.69, 9.17) is 4.42 Å². The normalized spacial score (nSPS) is 12.4. The molecule has 0 bridgehead atoms. The molecule has 0 aliphatic carbocycles. The molecule has 0 amide bonds. The lowest BCUT2D eigenvalue weighted by atomic mass is 10.1. The maximum Gasteiger partial charge on any atom is 0.315 e. The molecule has 1 aromatic heterocycles. The van der Waals surface area contributed by atoms with Gasteiger partial charge in [-0.2, -0.15) is 0 Å². The monoisotopic (exact) mass is 246 g/mol. The molecule has 0 saturated carbocycles. The summed E-state index contributed by atoms with van der Waals surface area (Å²) < 4.78 is 5.44. The SMILES string of the molecule is CNCc1nnc(NC(C)c2ccc(C)cc2)o1. The Labute approximate surface area is 107 Å². The van der Waals surface area contributed by atoms with Crippen LogP contribution in [-0.4, -0.2) is 17.2 Å². The minimum atomic E-state index is 0.133. The Morgan fingerprint density at radius 3 is 2.61 bits per heavy atom. The fraction of sp³-hybridized carbons (Fsp3) is 0.385. The van der Waals surface area contributed by atoms with Crippen LogP contribution in [-0.2, 0) is 6.54 Å². The summed E-state index contributed by atoms with van der Waals surface area (Å²) in [7, 11) is 1.84. The largest absolute Gasteiger partial charge is 0.407 e. The lowest BCUT2D eigenvalue weighted by molar-refractivity contribution is 0.486. The molecule has 0 aliphatic heterocycles. The van der Waals surface area contributed by atoms with Crippen LogP contribution < -0.4 is 10.6 Å². The molecule has 18 heavy (non-hydrogen) atoms. The smallest absolute Gasteiger partial charge is 0.315 e. The van der Waals surface area contributed by atoms with Gasteiger partial charge in [-0.3, -0.25) is 0 Å². The highest BCUT2D eigenvalue weighted by atomic mass is 16.4. The molecular weight excluding hydrogens is 228 g/mol. The molecule has 5 heteroatoms. The van der Waals surface area contributed by atoms with Gasteiger partial charge in [-0.05, 0) is 26.5 Å². The minimum absolute atomic E-state index is 0.133. The van der Waals surface area contributed by atoms with E-state index in [1.807, 2.05) is 7.05 Å². The third-order valence-electron chi connectivity index (χ3n) is 2.71. The van der Waals surface area contributed by atoms with Gasteiger partial charge in [0.1, 0.15) is 0 Å². The molecule has 96 valence electrons. The summed E-state index contributed by atoms with van der Waals surface area (Å²) in [6.07, 6.45) is 0. The predicted octanol–water partition coefficient (Wildman–Crippen LogP) is 2.27. The summed E-state index contributed by atoms with van der Waals surface area (Å²) in [5, 5.41) is 14.0. The molecule has 1 heterocycles. The van der Waals surface area contributed by atoms with Crippen molar-refractivity contribution < 1.29 is 4.42 Å². The average molecular weight is 246 g/mol. The third-order valence-corrected chi connectivity index (χ3v) is 2.71. The van der Waals surface area contributed by atoms with Gasteiger partial charge >= 0.3 is 6.01 Å². The van der Waals surface area contributed by atoms with E-state index in [1.54, 1.807) is 0 Å². The molecule has 1 aromatic carbocycles. The molecule has 2 N–H and O–H groups in total. The molecule has 2 aromatic rings. The van der Waals surface area contributed by atoms with Crippen LogP contribution in [0.5, 0.6) is 0 Å². The Hall–Kier alpha value is -1.88. The van der Waals surface area contributed by atoms with Crippen LogP contribution in [0.25, 0.3) is 0 Å². The molecule has 1 unspecified atom stereocenters. The van der Waals surface area contributed by atoms with Crippen LogP contribution in [0.2, 0.25) is 0 Å². The number of aromatic nitrogens is 2. The highest BCUT2D eigenvalue weighted by Gasteiger charge is 2.10. The maximum atomic E-state index is 5.44. The fourth-order valence-electron chi connectivity index (χ4n) is 1.66. The summed E-state index contributed by atoms with van der Waals surface area (Å²) in [6.45, 7) is 4.71. The second kappa shape index (κ2) is 5.64. The van der Waals surface area contributed by atoms with Crippen LogP contribution in [0.15, 0.2) is 28.7 Å². The van der Waals surface area contributed by atoms with Crippen molar-refractivity contribution in [2.24, 2.45) is 0 Å². The summed E-state index contributed by atoms with van der Waals surface area (Å²) in [4.78, 5) is 0. The van der Waals surface area contributed by atoms with Gasteiger partial charge in [-0.15, -0.1) is 5.10 Å². The molecular formula is C13H18N4O. The van der Waals surface area contributed by atoms with Gasteiger partial charge < -0.3 is 15.1 Å². The van der Waals surface area contributed by atoms with E-state index in [1.165, 1.54) is 11.1 Å². The van der Waals surface area contributed by atoms with E-state index in [2.05, 4.69) is 58.9 Å².